The van der Waals surface area contributed by atoms with E-state index < -0.39 is 15.6 Å². The fourth-order valence-corrected chi connectivity index (χ4v) is 4.02. The van der Waals surface area contributed by atoms with E-state index in [2.05, 4.69) is 9.71 Å². The summed E-state index contributed by atoms with van der Waals surface area (Å²) >= 11 is 0. The van der Waals surface area contributed by atoms with Crippen LogP contribution in [-0.2, 0) is 10.0 Å². The second-order valence-electron chi connectivity index (χ2n) is 6.76. The average molecular weight is 417 g/mol. The molecule has 0 radical (unpaired) electrons. The Morgan fingerprint density at radius 1 is 0.833 bits per heavy atom. The Labute approximate surface area is 174 Å². The smallest absolute Gasteiger partial charge is 0.264 e. The van der Waals surface area contributed by atoms with E-state index in [1.807, 2.05) is 43.3 Å². The van der Waals surface area contributed by atoms with Gasteiger partial charge in [0.2, 0.25) is 5.95 Å². The zero-order valence-corrected chi connectivity index (χ0v) is 17.0. The fraction of sp³-hybridized carbons (Fsp3) is 0.0435. The molecular formula is C23H19N3O3S. The van der Waals surface area contributed by atoms with Gasteiger partial charge in [0, 0.05) is 11.6 Å². The van der Waals surface area contributed by atoms with E-state index >= 15 is 0 Å². The first-order valence-electron chi connectivity index (χ1n) is 9.28. The molecule has 0 spiro atoms. The highest BCUT2D eigenvalue weighted by molar-refractivity contribution is 7.92. The third-order valence-corrected chi connectivity index (χ3v) is 5.90. The molecule has 0 saturated carbocycles. The Kier molecular flexibility index (Phi) is 5.20. The van der Waals surface area contributed by atoms with E-state index in [1.165, 1.54) is 22.8 Å². The van der Waals surface area contributed by atoms with Gasteiger partial charge in [-0.1, -0.05) is 66.2 Å². The molecule has 0 unspecified atom stereocenters. The van der Waals surface area contributed by atoms with Crippen molar-refractivity contribution >= 4 is 16.0 Å². The summed E-state index contributed by atoms with van der Waals surface area (Å²) in [6.45, 7) is 1.88. The number of aryl methyl sites for hydroxylation is 1. The molecule has 150 valence electrons. The van der Waals surface area contributed by atoms with Gasteiger partial charge in [-0.2, -0.15) is 0 Å². The van der Waals surface area contributed by atoms with Crippen molar-refractivity contribution < 1.29 is 8.42 Å². The van der Waals surface area contributed by atoms with Crippen molar-refractivity contribution in [1.29, 1.82) is 0 Å². The summed E-state index contributed by atoms with van der Waals surface area (Å²) < 4.78 is 29.7. The van der Waals surface area contributed by atoms with Crippen LogP contribution < -0.4 is 10.3 Å². The number of benzene rings is 3. The van der Waals surface area contributed by atoms with Crippen molar-refractivity contribution in [2.75, 3.05) is 4.72 Å². The highest BCUT2D eigenvalue weighted by Gasteiger charge is 2.19. The number of rotatable bonds is 5. The van der Waals surface area contributed by atoms with E-state index in [-0.39, 0.29) is 10.8 Å². The number of anilines is 1. The second-order valence-corrected chi connectivity index (χ2v) is 8.44. The SMILES string of the molecule is Cc1ccc(S(=O)(=O)Nc2nc(-c3ccccc3)cc(=O)n2-c2ccccc2)cc1. The lowest BCUT2D eigenvalue weighted by Crippen LogP contribution is -2.26. The van der Waals surface area contributed by atoms with Crippen molar-refractivity contribution in [3.63, 3.8) is 0 Å². The molecule has 3 aromatic carbocycles. The summed E-state index contributed by atoms with van der Waals surface area (Å²) in [4.78, 5) is 17.6. The third-order valence-electron chi connectivity index (χ3n) is 4.56. The molecule has 1 N–H and O–H groups in total. The Morgan fingerprint density at radius 3 is 2.07 bits per heavy atom. The summed E-state index contributed by atoms with van der Waals surface area (Å²) in [7, 11) is -3.95. The first-order chi connectivity index (χ1) is 14.4. The number of aromatic nitrogens is 2. The van der Waals surface area contributed by atoms with E-state index in [9.17, 15) is 13.2 Å². The summed E-state index contributed by atoms with van der Waals surface area (Å²) in [5.41, 5.74) is 2.16. The van der Waals surface area contributed by atoms with Crippen molar-refractivity contribution in [2.24, 2.45) is 0 Å². The molecule has 0 saturated heterocycles. The summed E-state index contributed by atoms with van der Waals surface area (Å²) in [6.07, 6.45) is 0. The zero-order chi connectivity index (χ0) is 21.1. The maximum atomic E-state index is 13.0. The average Bonchev–Trinajstić information content (AvgIpc) is 2.75. The molecule has 4 rings (SSSR count). The maximum Gasteiger partial charge on any atom is 0.264 e. The standard InChI is InChI=1S/C23H19N3O3S/c1-17-12-14-20(15-13-17)30(28,29)25-23-24-21(18-8-4-2-5-9-18)16-22(27)26(23)19-10-6-3-7-11-19/h2-16H,1H3,(H,24,25). The predicted molar refractivity (Wildman–Crippen MR) is 117 cm³/mol. The molecule has 7 heteroatoms. The van der Waals surface area contributed by atoms with Crippen LogP contribution in [0.15, 0.2) is 101 Å². The quantitative estimate of drug-likeness (QED) is 0.532. The predicted octanol–water partition coefficient (Wildman–Crippen LogP) is 4.01. The molecule has 0 amide bonds. The minimum absolute atomic E-state index is 0.0758. The molecule has 0 aliphatic rings. The van der Waals surface area contributed by atoms with Crippen molar-refractivity contribution in [3.8, 4) is 16.9 Å². The maximum absolute atomic E-state index is 13.0. The van der Waals surface area contributed by atoms with Crippen LogP contribution in [0.3, 0.4) is 0 Å². The normalized spacial score (nSPS) is 11.2. The fourth-order valence-electron chi connectivity index (χ4n) is 3.03. The molecule has 6 nitrogen and oxygen atoms in total. The van der Waals surface area contributed by atoms with Gasteiger partial charge in [0.1, 0.15) is 0 Å². The van der Waals surface area contributed by atoms with Gasteiger partial charge >= 0.3 is 0 Å². The number of hydrogen-bond acceptors (Lipinski definition) is 4. The van der Waals surface area contributed by atoms with Gasteiger partial charge in [-0.3, -0.25) is 4.79 Å². The largest absolute Gasteiger partial charge is 0.269 e. The number of nitrogens with zero attached hydrogens (tertiary/aromatic N) is 2. The van der Waals surface area contributed by atoms with E-state index in [1.54, 1.807) is 36.4 Å². The van der Waals surface area contributed by atoms with Gasteiger partial charge in [0.15, 0.2) is 0 Å². The molecule has 0 bridgehead atoms. The van der Waals surface area contributed by atoms with Gasteiger partial charge in [-0.05, 0) is 31.2 Å². The number of sulfonamides is 1. The minimum atomic E-state index is -3.95. The van der Waals surface area contributed by atoms with E-state index in [0.29, 0.717) is 16.9 Å². The number of hydrogen-bond donors (Lipinski definition) is 1. The van der Waals surface area contributed by atoms with Crippen LogP contribution in [0.1, 0.15) is 5.56 Å². The monoisotopic (exact) mass is 417 g/mol. The minimum Gasteiger partial charge on any atom is -0.269 e. The lowest BCUT2D eigenvalue weighted by molar-refractivity contribution is 0.600. The third kappa shape index (κ3) is 4.01. The molecule has 0 aliphatic heterocycles. The van der Waals surface area contributed by atoms with Gasteiger partial charge in [-0.25, -0.2) is 22.7 Å². The van der Waals surface area contributed by atoms with E-state index in [4.69, 9.17) is 0 Å². The first kappa shape index (κ1) is 19.6. The van der Waals surface area contributed by atoms with Crippen LogP contribution >= 0.6 is 0 Å². The molecule has 0 atom stereocenters. The summed E-state index contributed by atoms with van der Waals surface area (Å²) in [5, 5.41) is 0. The Balaban J connectivity index is 1.88. The Morgan fingerprint density at radius 2 is 1.43 bits per heavy atom. The Bertz CT molecular complexity index is 1330. The van der Waals surface area contributed by atoms with Crippen LogP contribution in [0.4, 0.5) is 5.95 Å². The van der Waals surface area contributed by atoms with Crippen LogP contribution in [0.5, 0.6) is 0 Å². The lowest BCUT2D eigenvalue weighted by atomic mass is 10.1. The molecule has 4 aromatic rings. The molecule has 1 heterocycles. The molecule has 0 fully saturated rings. The number of nitrogens with one attached hydrogen (secondary N) is 1. The van der Waals surface area contributed by atoms with Gasteiger partial charge in [-0.15, -0.1) is 0 Å². The van der Waals surface area contributed by atoms with Gasteiger partial charge < -0.3 is 0 Å². The number of para-hydroxylation sites is 1. The van der Waals surface area contributed by atoms with Crippen molar-refractivity contribution in [1.82, 2.24) is 9.55 Å². The highest BCUT2D eigenvalue weighted by atomic mass is 32.2. The summed E-state index contributed by atoms with van der Waals surface area (Å²) in [6, 6.07) is 25.8. The van der Waals surface area contributed by atoms with Crippen LogP contribution in [0, 0.1) is 6.92 Å². The highest BCUT2D eigenvalue weighted by Crippen LogP contribution is 2.21. The van der Waals surface area contributed by atoms with Crippen molar-refractivity contribution in [2.45, 2.75) is 11.8 Å². The molecule has 30 heavy (non-hydrogen) atoms. The van der Waals surface area contributed by atoms with Gasteiger partial charge in [0.05, 0.1) is 16.3 Å². The molecule has 0 aliphatic carbocycles. The van der Waals surface area contributed by atoms with Crippen LogP contribution in [-0.4, -0.2) is 18.0 Å². The van der Waals surface area contributed by atoms with E-state index in [0.717, 1.165) is 5.56 Å². The first-order valence-corrected chi connectivity index (χ1v) is 10.8. The molecular weight excluding hydrogens is 398 g/mol. The lowest BCUT2D eigenvalue weighted by Gasteiger charge is -2.15. The van der Waals surface area contributed by atoms with Crippen LogP contribution in [0.25, 0.3) is 16.9 Å². The van der Waals surface area contributed by atoms with Gasteiger partial charge in [0.25, 0.3) is 15.6 Å². The Hall–Kier alpha value is -3.71. The molecule has 1 aromatic heterocycles. The van der Waals surface area contributed by atoms with Crippen LogP contribution in [0.2, 0.25) is 0 Å². The summed E-state index contributed by atoms with van der Waals surface area (Å²) in [5.74, 6) is -0.0758. The topological polar surface area (TPSA) is 81.1 Å². The second kappa shape index (κ2) is 7.96. The van der Waals surface area contributed by atoms with Crippen molar-refractivity contribution in [3.05, 3.63) is 107 Å². The zero-order valence-electron chi connectivity index (χ0n) is 16.2.